The average Bonchev–Trinajstić information content (AvgIpc) is 2.20. The van der Waals surface area contributed by atoms with Gasteiger partial charge in [-0.15, -0.1) is 0 Å². The monoisotopic (exact) mass is 214 g/mol. The summed E-state index contributed by atoms with van der Waals surface area (Å²) in [5, 5.41) is 0. The Morgan fingerprint density at radius 1 is 1.13 bits per heavy atom. The summed E-state index contributed by atoms with van der Waals surface area (Å²) < 4.78 is 5.60. The summed E-state index contributed by atoms with van der Waals surface area (Å²) in [6, 6.07) is 0. The Balaban J connectivity index is 2.26. The Bertz CT molecular complexity index is 145. The molecule has 90 valence electrons. The predicted octanol–water partition coefficient (Wildman–Crippen LogP) is 1.62. The summed E-state index contributed by atoms with van der Waals surface area (Å²) in [5.41, 5.74) is 5.69. The molecule has 3 heteroatoms. The molecule has 0 aromatic carbocycles. The van der Waals surface area contributed by atoms with Gasteiger partial charge in [-0.2, -0.15) is 0 Å². The molecule has 0 saturated carbocycles. The second-order valence-corrected chi connectivity index (χ2v) is 4.38. The van der Waals surface area contributed by atoms with Crippen molar-refractivity contribution in [1.82, 2.24) is 4.90 Å². The highest BCUT2D eigenvalue weighted by atomic mass is 16.5. The van der Waals surface area contributed by atoms with Crippen LogP contribution >= 0.6 is 0 Å². The van der Waals surface area contributed by atoms with E-state index < -0.39 is 0 Å². The third-order valence-electron chi connectivity index (χ3n) is 3.08. The molecule has 1 rings (SSSR count). The first-order valence-electron chi connectivity index (χ1n) is 6.40. The fourth-order valence-electron chi connectivity index (χ4n) is 2.21. The maximum absolute atomic E-state index is 5.69. The van der Waals surface area contributed by atoms with Gasteiger partial charge < -0.3 is 15.4 Å². The molecule has 0 aliphatic carbocycles. The van der Waals surface area contributed by atoms with E-state index in [4.69, 9.17) is 10.5 Å². The summed E-state index contributed by atoms with van der Waals surface area (Å²) in [6.45, 7) is 6.92. The van der Waals surface area contributed by atoms with Crippen molar-refractivity contribution < 1.29 is 4.74 Å². The van der Waals surface area contributed by atoms with E-state index in [-0.39, 0.29) is 6.10 Å². The predicted molar refractivity (Wildman–Crippen MR) is 64.0 cm³/mol. The SMILES string of the molecule is CCOC(CN)CN1CCCCCCC1. The normalized spacial score (nSPS) is 22.0. The number of ether oxygens (including phenoxy) is 1. The summed E-state index contributed by atoms with van der Waals surface area (Å²) in [5.74, 6) is 0. The molecule has 1 atom stereocenters. The lowest BCUT2D eigenvalue weighted by molar-refractivity contribution is 0.0373. The summed E-state index contributed by atoms with van der Waals surface area (Å²) in [7, 11) is 0. The number of hydrogen-bond donors (Lipinski definition) is 1. The summed E-state index contributed by atoms with van der Waals surface area (Å²) >= 11 is 0. The molecule has 3 nitrogen and oxygen atoms in total. The smallest absolute Gasteiger partial charge is 0.0823 e. The van der Waals surface area contributed by atoms with Crippen molar-refractivity contribution in [1.29, 1.82) is 0 Å². The molecule has 1 saturated heterocycles. The zero-order chi connectivity index (χ0) is 10.9. The van der Waals surface area contributed by atoms with E-state index >= 15 is 0 Å². The van der Waals surface area contributed by atoms with Crippen LogP contribution < -0.4 is 5.73 Å². The Kier molecular flexibility index (Phi) is 6.98. The second-order valence-electron chi connectivity index (χ2n) is 4.38. The Morgan fingerprint density at radius 2 is 1.73 bits per heavy atom. The van der Waals surface area contributed by atoms with Gasteiger partial charge in [0.25, 0.3) is 0 Å². The lowest BCUT2D eigenvalue weighted by atomic mass is 10.1. The van der Waals surface area contributed by atoms with E-state index in [1.165, 1.54) is 45.2 Å². The van der Waals surface area contributed by atoms with Gasteiger partial charge in [0.1, 0.15) is 0 Å². The minimum atomic E-state index is 0.231. The standard InChI is InChI=1S/C12H26N2O/c1-2-15-12(10-13)11-14-8-6-4-3-5-7-9-14/h12H,2-11,13H2,1H3. The highest BCUT2D eigenvalue weighted by molar-refractivity contribution is 4.69. The third-order valence-corrected chi connectivity index (χ3v) is 3.08. The van der Waals surface area contributed by atoms with Crippen LogP contribution in [-0.4, -0.2) is 43.8 Å². The number of hydrogen-bond acceptors (Lipinski definition) is 3. The van der Waals surface area contributed by atoms with E-state index in [0.717, 1.165) is 13.2 Å². The van der Waals surface area contributed by atoms with E-state index in [1.807, 2.05) is 6.92 Å². The van der Waals surface area contributed by atoms with Gasteiger partial charge in [-0.05, 0) is 32.9 Å². The van der Waals surface area contributed by atoms with Crippen LogP contribution in [0.2, 0.25) is 0 Å². The number of rotatable bonds is 5. The van der Waals surface area contributed by atoms with Gasteiger partial charge in [-0.1, -0.05) is 19.3 Å². The average molecular weight is 214 g/mol. The molecule has 0 aromatic rings. The number of nitrogens with two attached hydrogens (primary N) is 1. The lowest BCUT2D eigenvalue weighted by Gasteiger charge is -2.28. The molecule has 0 amide bonds. The number of likely N-dealkylation sites (tertiary alicyclic amines) is 1. The quantitative estimate of drug-likeness (QED) is 0.756. The maximum Gasteiger partial charge on any atom is 0.0823 e. The molecule has 0 radical (unpaired) electrons. The minimum absolute atomic E-state index is 0.231. The Labute approximate surface area is 94.0 Å². The van der Waals surface area contributed by atoms with E-state index in [2.05, 4.69) is 4.90 Å². The minimum Gasteiger partial charge on any atom is -0.376 e. The molecule has 0 bridgehead atoms. The Hall–Kier alpha value is -0.120. The highest BCUT2D eigenvalue weighted by Gasteiger charge is 2.13. The van der Waals surface area contributed by atoms with Gasteiger partial charge in [-0.3, -0.25) is 0 Å². The summed E-state index contributed by atoms with van der Waals surface area (Å²) in [6.07, 6.45) is 7.10. The van der Waals surface area contributed by atoms with E-state index in [9.17, 15) is 0 Å². The molecule has 1 fully saturated rings. The van der Waals surface area contributed by atoms with Gasteiger partial charge in [0.15, 0.2) is 0 Å². The third kappa shape index (κ3) is 5.50. The largest absolute Gasteiger partial charge is 0.376 e. The highest BCUT2D eigenvalue weighted by Crippen LogP contribution is 2.11. The van der Waals surface area contributed by atoms with Gasteiger partial charge in [0.2, 0.25) is 0 Å². The van der Waals surface area contributed by atoms with E-state index in [1.54, 1.807) is 0 Å². The fraction of sp³-hybridized carbons (Fsp3) is 1.00. The molecular weight excluding hydrogens is 188 g/mol. The first-order valence-corrected chi connectivity index (χ1v) is 6.40. The van der Waals surface area contributed by atoms with Crippen molar-refractivity contribution in [3.05, 3.63) is 0 Å². The zero-order valence-electron chi connectivity index (χ0n) is 10.1. The van der Waals surface area contributed by atoms with Crippen molar-refractivity contribution in [2.45, 2.75) is 45.1 Å². The Morgan fingerprint density at radius 3 is 2.27 bits per heavy atom. The van der Waals surface area contributed by atoms with Crippen molar-refractivity contribution in [2.75, 3.05) is 32.8 Å². The van der Waals surface area contributed by atoms with Crippen molar-refractivity contribution in [3.63, 3.8) is 0 Å². The van der Waals surface area contributed by atoms with Crippen LogP contribution in [0.4, 0.5) is 0 Å². The van der Waals surface area contributed by atoms with Crippen LogP contribution in [0.1, 0.15) is 39.0 Å². The van der Waals surface area contributed by atoms with Gasteiger partial charge >= 0.3 is 0 Å². The van der Waals surface area contributed by atoms with Crippen LogP contribution in [0.3, 0.4) is 0 Å². The van der Waals surface area contributed by atoms with Gasteiger partial charge in [-0.25, -0.2) is 0 Å². The second kappa shape index (κ2) is 8.08. The van der Waals surface area contributed by atoms with Crippen molar-refractivity contribution in [3.8, 4) is 0 Å². The van der Waals surface area contributed by atoms with Crippen LogP contribution in [0, 0.1) is 0 Å². The van der Waals surface area contributed by atoms with Crippen molar-refractivity contribution in [2.24, 2.45) is 5.73 Å². The molecule has 15 heavy (non-hydrogen) atoms. The van der Waals surface area contributed by atoms with E-state index in [0.29, 0.717) is 6.54 Å². The van der Waals surface area contributed by atoms with Crippen molar-refractivity contribution >= 4 is 0 Å². The topological polar surface area (TPSA) is 38.5 Å². The van der Waals surface area contributed by atoms with Gasteiger partial charge in [0.05, 0.1) is 6.10 Å². The molecule has 1 aliphatic rings. The molecule has 1 aliphatic heterocycles. The lowest BCUT2D eigenvalue weighted by Crippen LogP contribution is -2.39. The molecule has 1 heterocycles. The first kappa shape index (κ1) is 12.9. The first-order chi connectivity index (χ1) is 7.36. The van der Waals surface area contributed by atoms with Crippen LogP contribution in [0.15, 0.2) is 0 Å². The molecule has 0 aromatic heterocycles. The zero-order valence-corrected chi connectivity index (χ0v) is 10.1. The molecule has 2 N–H and O–H groups in total. The fourth-order valence-corrected chi connectivity index (χ4v) is 2.21. The van der Waals surface area contributed by atoms with Crippen LogP contribution in [-0.2, 0) is 4.74 Å². The van der Waals surface area contributed by atoms with Gasteiger partial charge in [0, 0.05) is 19.7 Å². The summed E-state index contributed by atoms with van der Waals surface area (Å²) in [4.78, 5) is 2.52. The molecule has 0 spiro atoms. The number of nitrogens with zero attached hydrogens (tertiary/aromatic N) is 1. The van der Waals surface area contributed by atoms with Crippen LogP contribution in [0.5, 0.6) is 0 Å². The molecule has 1 unspecified atom stereocenters. The van der Waals surface area contributed by atoms with Crippen LogP contribution in [0.25, 0.3) is 0 Å². The maximum atomic E-state index is 5.69. The molecular formula is C12H26N2O.